The first-order chi connectivity index (χ1) is 18.7. The molecule has 0 spiro atoms. The monoisotopic (exact) mass is 490 g/mol. The van der Waals surface area contributed by atoms with Crippen molar-refractivity contribution >= 4 is 28.5 Å². The molecule has 0 fully saturated rings. The van der Waals surface area contributed by atoms with Crippen LogP contribution in [-0.2, 0) is 0 Å². The summed E-state index contributed by atoms with van der Waals surface area (Å²) in [7, 11) is 0. The number of rotatable bonds is 3. The standard InChI is InChI=1S/C34H26N4/c1-22-21-28-26-17-9-11-19-29(26)38(30-20-12-10-18-27(30)31(28)23(22)2)34-36-32(24-13-5-3-6-14-24)35-33(37-34)25-15-7-4-8-16-25/h3-20H,21H2,1-2H3. The third-order valence-electron chi connectivity index (χ3n) is 7.53. The van der Waals surface area contributed by atoms with Crippen LogP contribution in [0, 0.1) is 0 Å². The maximum atomic E-state index is 5.09. The summed E-state index contributed by atoms with van der Waals surface area (Å²) < 4.78 is 0. The minimum Gasteiger partial charge on any atom is -0.278 e. The van der Waals surface area contributed by atoms with Crippen molar-refractivity contribution in [2.75, 3.05) is 4.90 Å². The van der Waals surface area contributed by atoms with Gasteiger partial charge in [0.15, 0.2) is 11.6 Å². The largest absolute Gasteiger partial charge is 0.278 e. The van der Waals surface area contributed by atoms with E-state index in [4.69, 9.17) is 15.0 Å². The summed E-state index contributed by atoms with van der Waals surface area (Å²) in [6, 6.07) is 37.5. The zero-order valence-electron chi connectivity index (χ0n) is 21.4. The second kappa shape index (κ2) is 8.93. The van der Waals surface area contributed by atoms with E-state index in [0.29, 0.717) is 17.6 Å². The predicted molar refractivity (Wildman–Crippen MR) is 155 cm³/mol. The van der Waals surface area contributed by atoms with Crippen molar-refractivity contribution in [2.24, 2.45) is 0 Å². The molecule has 0 unspecified atom stereocenters. The van der Waals surface area contributed by atoms with E-state index in [1.165, 1.54) is 33.4 Å². The van der Waals surface area contributed by atoms with Crippen molar-refractivity contribution in [3.63, 3.8) is 0 Å². The number of aromatic nitrogens is 3. The molecule has 1 aromatic heterocycles. The number of hydrogen-bond acceptors (Lipinski definition) is 4. The quantitative estimate of drug-likeness (QED) is 0.254. The molecule has 0 saturated carbocycles. The average molecular weight is 491 g/mol. The van der Waals surface area contributed by atoms with E-state index >= 15 is 0 Å². The lowest BCUT2D eigenvalue weighted by Gasteiger charge is -2.26. The molecule has 4 aromatic carbocycles. The lowest BCUT2D eigenvalue weighted by Crippen LogP contribution is -2.17. The molecule has 4 heteroatoms. The van der Waals surface area contributed by atoms with Crippen LogP contribution in [0.2, 0.25) is 0 Å². The van der Waals surface area contributed by atoms with Crippen LogP contribution in [0.4, 0.5) is 17.3 Å². The van der Waals surface area contributed by atoms with Crippen molar-refractivity contribution in [2.45, 2.75) is 20.3 Å². The van der Waals surface area contributed by atoms with Crippen LogP contribution in [0.3, 0.4) is 0 Å². The Morgan fingerprint density at radius 1 is 0.553 bits per heavy atom. The Morgan fingerprint density at radius 2 is 1.05 bits per heavy atom. The summed E-state index contributed by atoms with van der Waals surface area (Å²) in [6.45, 7) is 4.49. The van der Waals surface area contributed by atoms with Gasteiger partial charge in [-0.05, 0) is 49.1 Å². The van der Waals surface area contributed by atoms with Gasteiger partial charge in [-0.1, -0.05) is 103 Å². The highest BCUT2D eigenvalue weighted by atomic mass is 15.3. The van der Waals surface area contributed by atoms with Crippen molar-refractivity contribution < 1.29 is 0 Å². The van der Waals surface area contributed by atoms with Crippen LogP contribution in [0.5, 0.6) is 0 Å². The molecule has 1 aliphatic heterocycles. The van der Waals surface area contributed by atoms with Gasteiger partial charge >= 0.3 is 0 Å². The Hall–Kier alpha value is -4.83. The molecule has 5 aromatic rings. The summed E-state index contributed by atoms with van der Waals surface area (Å²) >= 11 is 0. The molecule has 0 bridgehead atoms. The number of nitrogens with zero attached hydrogens (tertiary/aromatic N) is 4. The first-order valence-electron chi connectivity index (χ1n) is 12.9. The first-order valence-corrected chi connectivity index (χ1v) is 12.9. The number of fused-ring (bicyclic) bond motifs is 4. The highest BCUT2D eigenvalue weighted by Crippen LogP contribution is 2.53. The lowest BCUT2D eigenvalue weighted by molar-refractivity contribution is 1.02. The summed E-state index contributed by atoms with van der Waals surface area (Å²) in [4.78, 5) is 17.3. The fourth-order valence-corrected chi connectivity index (χ4v) is 5.57. The van der Waals surface area contributed by atoms with E-state index in [-0.39, 0.29) is 0 Å². The Kier molecular flexibility index (Phi) is 5.26. The molecule has 0 radical (unpaired) electrons. The van der Waals surface area contributed by atoms with Crippen molar-refractivity contribution in [1.82, 2.24) is 15.0 Å². The molecule has 0 N–H and O–H groups in total. The molecule has 1 aliphatic carbocycles. The number of anilines is 3. The molecule has 4 nitrogen and oxygen atoms in total. The highest BCUT2D eigenvalue weighted by Gasteiger charge is 2.32. The van der Waals surface area contributed by atoms with Crippen LogP contribution in [0.15, 0.2) is 120 Å². The summed E-state index contributed by atoms with van der Waals surface area (Å²) in [5.41, 5.74) is 12.0. The zero-order chi connectivity index (χ0) is 25.6. The van der Waals surface area contributed by atoms with Gasteiger partial charge in [0.05, 0.1) is 11.4 Å². The molecule has 0 amide bonds. The molecule has 2 heterocycles. The third-order valence-corrected chi connectivity index (χ3v) is 7.53. The number of hydrogen-bond donors (Lipinski definition) is 0. The second-order valence-electron chi connectivity index (χ2n) is 9.82. The Balaban J connectivity index is 1.53. The smallest absolute Gasteiger partial charge is 0.238 e. The fourth-order valence-electron chi connectivity index (χ4n) is 5.57. The maximum absolute atomic E-state index is 5.09. The van der Waals surface area contributed by atoms with E-state index in [2.05, 4.69) is 67.3 Å². The first kappa shape index (κ1) is 22.4. The van der Waals surface area contributed by atoms with Crippen LogP contribution in [0.25, 0.3) is 33.9 Å². The zero-order valence-corrected chi connectivity index (χ0v) is 21.4. The Labute approximate surface area is 222 Å². The summed E-state index contributed by atoms with van der Waals surface area (Å²) in [5.74, 6) is 1.92. The van der Waals surface area contributed by atoms with Gasteiger partial charge in [-0.25, -0.2) is 4.98 Å². The Morgan fingerprint density at radius 3 is 1.66 bits per heavy atom. The predicted octanol–water partition coefficient (Wildman–Crippen LogP) is 8.64. The maximum Gasteiger partial charge on any atom is 0.238 e. The van der Waals surface area contributed by atoms with Gasteiger partial charge in [0.25, 0.3) is 0 Å². The fraction of sp³-hybridized carbons (Fsp3) is 0.0882. The van der Waals surface area contributed by atoms with E-state index in [1.54, 1.807) is 0 Å². The molecule has 0 atom stereocenters. The van der Waals surface area contributed by atoms with E-state index < -0.39 is 0 Å². The van der Waals surface area contributed by atoms with Crippen LogP contribution in [-0.4, -0.2) is 15.0 Å². The molecule has 38 heavy (non-hydrogen) atoms. The summed E-state index contributed by atoms with van der Waals surface area (Å²) in [6.07, 6.45) is 0.947. The van der Waals surface area contributed by atoms with E-state index in [1.807, 2.05) is 60.7 Å². The lowest BCUT2D eigenvalue weighted by atomic mass is 9.94. The van der Waals surface area contributed by atoms with Crippen LogP contribution in [0.1, 0.15) is 31.4 Å². The van der Waals surface area contributed by atoms with Crippen LogP contribution < -0.4 is 4.90 Å². The SMILES string of the molecule is CC1=C(C)C2=C(C1)c1ccccc1N(c1nc(-c3ccccc3)nc(-c3ccccc3)n1)c1ccccc12. The minimum atomic E-state index is 0.608. The van der Waals surface area contributed by atoms with Gasteiger partial charge in [-0.2, -0.15) is 9.97 Å². The van der Waals surface area contributed by atoms with Gasteiger partial charge in [-0.3, -0.25) is 4.90 Å². The average Bonchev–Trinajstić information content (AvgIpc) is 3.21. The number of para-hydroxylation sites is 2. The second-order valence-corrected chi connectivity index (χ2v) is 9.82. The van der Waals surface area contributed by atoms with E-state index in [9.17, 15) is 0 Å². The highest BCUT2D eigenvalue weighted by molar-refractivity contribution is 6.10. The van der Waals surface area contributed by atoms with Crippen molar-refractivity contribution in [3.8, 4) is 22.8 Å². The van der Waals surface area contributed by atoms with Crippen molar-refractivity contribution in [3.05, 3.63) is 131 Å². The van der Waals surface area contributed by atoms with Gasteiger partial charge in [-0.15, -0.1) is 0 Å². The molecule has 182 valence electrons. The normalized spacial score (nSPS) is 14.2. The molecule has 7 rings (SSSR count). The molecular weight excluding hydrogens is 464 g/mol. The van der Waals surface area contributed by atoms with Gasteiger partial charge in [0.1, 0.15) is 0 Å². The summed E-state index contributed by atoms with van der Waals surface area (Å²) in [5, 5.41) is 0. The van der Waals surface area contributed by atoms with Gasteiger partial charge < -0.3 is 0 Å². The molecule has 2 aliphatic rings. The van der Waals surface area contributed by atoms with Gasteiger partial charge in [0, 0.05) is 22.3 Å². The number of benzene rings is 4. The van der Waals surface area contributed by atoms with Crippen LogP contribution >= 0.6 is 0 Å². The third kappa shape index (κ3) is 3.57. The topological polar surface area (TPSA) is 41.9 Å². The molecule has 0 saturated heterocycles. The van der Waals surface area contributed by atoms with Crippen molar-refractivity contribution in [1.29, 1.82) is 0 Å². The Bertz CT molecular complexity index is 1690. The minimum absolute atomic E-state index is 0.608. The van der Waals surface area contributed by atoms with Gasteiger partial charge in [0.2, 0.25) is 5.95 Å². The molecular formula is C34H26N4. The van der Waals surface area contributed by atoms with E-state index in [0.717, 1.165) is 28.9 Å². The number of allylic oxidation sites excluding steroid dienone is 4.